The number of carbonyl (C=O) groups is 1. The number of hydrogen-bond donors (Lipinski definition) is 1. The smallest absolute Gasteiger partial charge is 0.298 e. The molecule has 1 saturated heterocycles. The van der Waals surface area contributed by atoms with E-state index in [-0.39, 0.29) is 5.91 Å². The molecule has 0 aliphatic carbocycles. The minimum Gasteiger partial charge on any atom is -0.423 e. The molecule has 0 radical (unpaired) electrons. The largest absolute Gasteiger partial charge is 0.423 e. The number of rotatable bonds is 5. The molecule has 0 saturated carbocycles. The van der Waals surface area contributed by atoms with E-state index >= 15 is 0 Å². The van der Waals surface area contributed by atoms with Crippen LogP contribution in [0, 0.1) is 5.92 Å². The second-order valence-corrected chi connectivity index (χ2v) is 8.01. The minimum atomic E-state index is 0.0905. The molecule has 152 valence electrons. The summed E-state index contributed by atoms with van der Waals surface area (Å²) in [6.07, 6.45) is 2.46. The van der Waals surface area contributed by atoms with Crippen molar-refractivity contribution in [2.45, 2.75) is 19.3 Å². The second-order valence-electron chi connectivity index (χ2n) is 8.01. The van der Waals surface area contributed by atoms with E-state index in [4.69, 9.17) is 4.42 Å². The molecule has 1 N–H and O–H groups in total. The molecule has 30 heavy (non-hydrogen) atoms. The number of hydrogen-bond acceptors (Lipinski definition) is 4. The van der Waals surface area contributed by atoms with Gasteiger partial charge >= 0.3 is 0 Å². The fourth-order valence-electron chi connectivity index (χ4n) is 4.26. The summed E-state index contributed by atoms with van der Waals surface area (Å²) >= 11 is 0. The van der Waals surface area contributed by atoms with E-state index in [9.17, 15) is 4.79 Å². The number of anilines is 1. The number of fused-ring (bicyclic) bond motifs is 2. The van der Waals surface area contributed by atoms with Gasteiger partial charge in [-0.15, -0.1) is 0 Å². The highest BCUT2D eigenvalue weighted by atomic mass is 16.4. The average Bonchev–Trinajstić information content (AvgIpc) is 3.23. The number of oxazole rings is 1. The van der Waals surface area contributed by atoms with Gasteiger partial charge in [-0.3, -0.25) is 4.79 Å². The highest BCUT2D eigenvalue weighted by molar-refractivity contribution is 5.90. The Kier molecular flexibility index (Phi) is 5.10. The van der Waals surface area contributed by atoms with Crippen molar-refractivity contribution in [3.8, 4) is 0 Å². The first kappa shape index (κ1) is 18.7. The first-order chi connectivity index (χ1) is 14.8. The lowest BCUT2D eigenvalue weighted by Gasteiger charge is -2.30. The third-order valence-corrected chi connectivity index (χ3v) is 5.99. The summed E-state index contributed by atoms with van der Waals surface area (Å²) in [7, 11) is 0. The normalized spacial score (nSPS) is 15.0. The van der Waals surface area contributed by atoms with Crippen molar-refractivity contribution in [3.63, 3.8) is 0 Å². The Labute approximate surface area is 175 Å². The Morgan fingerprint density at radius 3 is 2.63 bits per heavy atom. The Balaban J connectivity index is 1.14. The van der Waals surface area contributed by atoms with Gasteiger partial charge in [0.25, 0.3) is 6.01 Å². The minimum absolute atomic E-state index is 0.0905. The lowest BCUT2D eigenvalue weighted by atomic mass is 9.96. The average molecular weight is 399 g/mol. The molecule has 1 amide bonds. The topological polar surface area (TPSA) is 58.4 Å². The quantitative estimate of drug-likeness (QED) is 0.535. The van der Waals surface area contributed by atoms with Crippen LogP contribution in [0.4, 0.5) is 6.01 Å². The Bertz CT molecular complexity index is 1140. The molecule has 2 heterocycles. The van der Waals surface area contributed by atoms with Gasteiger partial charge in [0, 0.05) is 19.6 Å². The van der Waals surface area contributed by atoms with Gasteiger partial charge in [0.05, 0.1) is 6.42 Å². The van der Waals surface area contributed by atoms with Gasteiger partial charge in [0.2, 0.25) is 5.91 Å². The van der Waals surface area contributed by atoms with E-state index in [1.165, 1.54) is 5.39 Å². The third-order valence-electron chi connectivity index (χ3n) is 5.99. The monoisotopic (exact) mass is 399 g/mol. The summed E-state index contributed by atoms with van der Waals surface area (Å²) in [4.78, 5) is 19.3. The van der Waals surface area contributed by atoms with Gasteiger partial charge in [-0.2, -0.15) is 4.98 Å². The molecule has 4 aromatic rings. The first-order valence-corrected chi connectivity index (χ1v) is 10.6. The number of nitrogens with zero attached hydrogens (tertiary/aromatic N) is 2. The standard InChI is InChI=1S/C25H25N3O2/c29-24(16-20-8-5-7-19-6-1-2-9-21(19)20)26-17-18-12-14-28(15-13-18)25-27-22-10-3-4-11-23(22)30-25/h1-11,18H,12-17H2,(H,26,29). The van der Waals surface area contributed by atoms with E-state index in [0.29, 0.717) is 18.4 Å². The van der Waals surface area contributed by atoms with Crippen LogP contribution >= 0.6 is 0 Å². The lowest BCUT2D eigenvalue weighted by molar-refractivity contribution is -0.120. The zero-order valence-electron chi connectivity index (χ0n) is 16.9. The zero-order valence-corrected chi connectivity index (χ0v) is 16.9. The van der Waals surface area contributed by atoms with E-state index in [2.05, 4.69) is 33.4 Å². The van der Waals surface area contributed by atoms with Crippen molar-refractivity contribution in [2.24, 2.45) is 5.92 Å². The van der Waals surface area contributed by atoms with Crippen LogP contribution in [0.2, 0.25) is 0 Å². The van der Waals surface area contributed by atoms with Crippen LogP contribution in [0.5, 0.6) is 0 Å². The van der Waals surface area contributed by atoms with Gasteiger partial charge in [-0.25, -0.2) is 0 Å². The van der Waals surface area contributed by atoms with Gasteiger partial charge in [0.15, 0.2) is 5.58 Å². The summed E-state index contributed by atoms with van der Waals surface area (Å²) < 4.78 is 5.89. The highest BCUT2D eigenvalue weighted by Crippen LogP contribution is 2.26. The summed E-state index contributed by atoms with van der Waals surface area (Å²) in [6, 6.07) is 22.9. The number of aromatic nitrogens is 1. The van der Waals surface area contributed by atoms with Crippen molar-refractivity contribution < 1.29 is 9.21 Å². The molecule has 5 nitrogen and oxygen atoms in total. The molecular weight excluding hydrogens is 374 g/mol. The van der Waals surface area contributed by atoms with Crippen LogP contribution in [0.15, 0.2) is 71.1 Å². The molecular formula is C25H25N3O2. The molecule has 1 aliphatic rings. The number of nitrogens with one attached hydrogen (secondary N) is 1. The SMILES string of the molecule is O=C(Cc1cccc2ccccc12)NCC1CCN(c2nc3ccccc3o2)CC1. The maximum atomic E-state index is 12.5. The molecule has 0 atom stereocenters. The van der Waals surface area contributed by atoms with Gasteiger partial charge in [-0.05, 0) is 47.2 Å². The number of benzene rings is 3. The number of carbonyl (C=O) groups excluding carboxylic acids is 1. The zero-order chi connectivity index (χ0) is 20.3. The molecule has 0 unspecified atom stereocenters. The van der Waals surface area contributed by atoms with E-state index in [1.807, 2.05) is 48.5 Å². The second kappa shape index (κ2) is 8.19. The van der Waals surface area contributed by atoms with Gasteiger partial charge in [0.1, 0.15) is 5.52 Å². The van der Waals surface area contributed by atoms with Crippen molar-refractivity contribution in [3.05, 3.63) is 72.3 Å². The van der Waals surface area contributed by atoms with E-state index in [1.54, 1.807) is 0 Å². The third kappa shape index (κ3) is 3.88. The summed E-state index contributed by atoms with van der Waals surface area (Å²) in [6.45, 7) is 2.53. The van der Waals surface area contributed by atoms with Crippen molar-refractivity contribution in [2.75, 3.05) is 24.5 Å². The molecule has 1 fully saturated rings. The Morgan fingerprint density at radius 1 is 1.00 bits per heavy atom. The lowest BCUT2D eigenvalue weighted by Crippen LogP contribution is -2.39. The molecule has 1 aliphatic heterocycles. The van der Waals surface area contributed by atoms with E-state index in [0.717, 1.165) is 54.5 Å². The maximum Gasteiger partial charge on any atom is 0.298 e. The van der Waals surface area contributed by atoms with Gasteiger partial charge in [-0.1, -0.05) is 54.6 Å². The summed E-state index contributed by atoms with van der Waals surface area (Å²) in [5, 5.41) is 5.47. The van der Waals surface area contributed by atoms with Crippen LogP contribution in [-0.4, -0.2) is 30.5 Å². The van der Waals surface area contributed by atoms with Crippen molar-refractivity contribution in [1.82, 2.24) is 10.3 Å². The van der Waals surface area contributed by atoms with Crippen LogP contribution in [0.1, 0.15) is 18.4 Å². The van der Waals surface area contributed by atoms with Crippen molar-refractivity contribution >= 4 is 33.8 Å². The number of piperidine rings is 1. The molecule has 0 bridgehead atoms. The number of amides is 1. The van der Waals surface area contributed by atoms with Crippen LogP contribution in [0.3, 0.4) is 0 Å². The maximum absolute atomic E-state index is 12.5. The van der Waals surface area contributed by atoms with Crippen molar-refractivity contribution in [1.29, 1.82) is 0 Å². The Hall–Kier alpha value is -3.34. The molecule has 5 rings (SSSR count). The Morgan fingerprint density at radius 2 is 1.77 bits per heavy atom. The molecule has 3 aromatic carbocycles. The van der Waals surface area contributed by atoms with E-state index < -0.39 is 0 Å². The van der Waals surface area contributed by atoms with Crippen LogP contribution in [-0.2, 0) is 11.2 Å². The fraction of sp³-hybridized carbons (Fsp3) is 0.280. The number of para-hydroxylation sites is 2. The highest BCUT2D eigenvalue weighted by Gasteiger charge is 2.23. The summed E-state index contributed by atoms with van der Waals surface area (Å²) in [5.41, 5.74) is 2.81. The predicted molar refractivity (Wildman–Crippen MR) is 120 cm³/mol. The predicted octanol–water partition coefficient (Wildman–Crippen LogP) is 4.56. The molecule has 5 heteroatoms. The summed E-state index contributed by atoms with van der Waals surface area (Å²) in [5.74, 6) is 0.579. The van der Waals surface area contributed by atoms with Crippen LogP contribution < -0.4 is 10.2 Å². The van der Waals surface area contributed by atoms with Crippen LogP contribution in [0.25, 0.3) is 21.9 Å². The molecule has 0 spiro atoms. The fourth-order valence-corrected chi connectivity index (χ4v) is 4.26. The molecule has 1 aromatic heterocycles. The first-order valence-electron chi connectivity index (χ1n) is 10.6. The van der Waals surface area contributed by atoms with Gasteiger partial charge < -0.3 is 14.6 Å².